The van der Waals surface area contributed by atoms with Crippen LogP contribution in [0.4, 0.5) is 13.2 Å². The SMILES string of the molecule is N[C@@H](CC(=O)N1CCNC[C@H]1Cc1ccc(F)c(F)c1)Cc1ccccc1F. The van der Waals surface area contributed by atoms with Gasteiger partial charge in [-0.3, -0.25) is 4.79 Å². The van der Waals surface area contributed by atoms with Crippen molar-refractivity contribution in [3.63, 3.8) is 0 Å². The van der Waals surface area contributed by atoms with Gasteiger partial charge in [-0.1, -0.05) is 24.3 Å². The zero-order valence-corrected chi connectivity index (χ0v) is 15.5. The highest BCUT2D eigenvalue weighted by Crippen LogP contribution is 2.17. The fraction of sp³-hybridized carbons (Fsp3) is 0.381. The van der Waals surface area contributed by atoms with E-state index < -0.39 is 17.7 Å². The summed E-state index contributed by atoms with van der Waals surface area (Å²) in [5.74, 6) is -2.23. The minimum absolute atomic E-state index is 0.0998. The third kappa shape index (κ3) is 5.11. The lowest BCUT2D eigenvalue weighted by Gasteiger charge is -2.37. The summed E-state index contributed by atoms with van der Waals surface area (Å²) >= 11 is 0. The second kappa shape index (κ2) is 9.21. The number of rotatable bonds is 6. The van der Waals surface area contributed by atoms with Gasteiger partial charge in [0.05, 0.1) is 0 Å². The van der Waals surface area contributed by atoms with E-state index in [0.717, 1.165) is 12.1 Å². The van der Waals surface area contributed by atoms with E-state index in [0.29, 0.717) is 37.2 Å². The zero-order chi connectivity index (χ0) is 20.1. The van der Waals surface area contributed by atoms with E-state index >= 15 is 0 Å². The Hall–Kier alpha value is -2.38. The van der Waals surface area contributed by atoms with Crippen molar-refractivity contribution in [1.82, 2.24) is 10.2 Å². The van der Waals surface area contributed by atoms with Gasteiger partial charge in [0.15, 0.2) is 11.6 Å². The summed E-state index contributed by atoms with van der Waals surface area (Å²) < 4.78 is 40.4. The monoisotopic (exact) mass is 391 g/mol. The Kier molecular flexibility index (Phi) is 6.70. The molecule has 0 saturated carbocycles. The van der Waals surface area contributed by atoms with Crippen molar-refractivity contribution in [2.24, 2.45) is 5.73 Å². The van der Waals surface area contributed by atoms with Gasteiger partial charge in [0.2, 0.25) is 5.91 Å². The van der Waals surface area contributed by atoms with E-state index in [2.05, 4.69) is 5.32 Å². The molecular weight excluding hydrogens is 367 g/mol. The number of carbonyl (C=O) groups excluding carboxylic acids is 1. The first kappa shape index (κ1) is 20.4. The number of piperazine rings is 1. The molecule has 0 aromatic heterocycles. The van der Waals surface area contributed by atoms with Gasteiger partial charge in [-0.05, 0) is 42.2 Å². The molecule has 0 unspecified atom stereocenters. The molecule has 1 aliphatic rings. The Bertz CT molecular complexity index is 830. The van der Waals surface area contributed by atoms with Crippen molar-refractivity contribution in [3.8, 4) is 0 Å². The van der Waals surface area contributed by atoms with E-state index in [1.807, 2.05) is 0 Å². The number of benzene rings is 2. The molecule has 150 valence electrons. The lowest BCUT2D eigenvalue weighted by Crippen LogP contribution is -2.55. The van der Waals surface area contributed by atoms with Crippen LogP contribution in [-0.4, -0.2) is 42.5 Å². The molecule has 1 fully saturated rings. The quantitative estimate of drug-likeness (QED) is 0.795. The number of hydrogen-bond acceptors (Lipinski definition) is 3. The van der Waals surface area contributed by atoms with Crippen LogP contribution in [0.1, 0.15) is 17.5 Å². The summed E-state index contributed by atoms with van der Waals surface area (Å²) in [4.78, 5) is 14.5. The van der Waals surface area contributed by atoms with Crippen LogP contribution in [0.25, 0.3) is 0 Å². The topological polar surface area (TPSA) is 58.4 Å². The highest BCUT2D eigenvalue weighted by Gasteiger charge is 2.28. The minimum Gasteiger partial charge on any atom is -0.337 e. The molecule has 1 heterocycles. The summed E-state index contributed by atoms with van der Waals surface area (Å²) in [6.45, 7) is 1.73. The van der Waals surface area contributed by atoms with Gasteiger partial charge < -0.3 is 16.0 Å². The molecule has 3 N–H and O–H groups in total. The average Bonchev–Trinajstić information content (AvgIpc) is 2.67. The largest absolute Gasteiger partial charge is 0.337 e. The number of nitrogens with zero attached hydrogens (tertiary/aromatic N) is 1. The van der Waals surface area contributed by atoms with Crippen LogP contribution in [0.2, 0.25) is 0 Å². The third-order valence-corrected chi connectivity index (χ3v) is 5.00. The van der Waals surface area contributed by atoms with Crippen molar-refractivity contribution < 1.29 is 18.0 Å². The number of carbonyl (C=O) groups is 1. The highest BCUT2D eigenvalue weighted by molar-refractivity contribution is 5.77. The van der Waals surface area contributed by atoms with Crippen LogP contribution < -0.4 is 11.1 Å². The summed E-state index contributed by atoms with van der Waals surface area (Å²) in [5.41, 5.74) is 7.21. The summed E-state index contributed by atoms with van der Waals surface area (Å²) in [7, 11) is 0. The predicted molar refractivity (Wildman–Crippen MR) is 101 cm³/mol. The molecule has 2 atom stereocenters. The Labute approximate surface area is 162 Å². The molecule has 1 aliphatic heterocycles. The molecule has 0 spiro atoms. The standard InChI is InChI=1S/C21H24F3N3O/c22-18-4-2-1-3-15(18)11-16(25)12-21(28)27-8-7-26-13-17(27)9-14-5-6-19(23)20(24)10-14/h1-6,10,16-17,26H,7-9,11-13,25H2/t16-,17-/m1/s1. The molecule has 28 heavy (non-hydrogen) atoms. The first-order valence-electron chi connectivity index (χ1n) is 9.37. The molecule has 0 bridgehead atoms. The number of halogens is 3. The van der Waals surface area contributed by atoms with Crippen LogP contribution in [0, 0.1) is 17.5 Å². The first-order valence-corrected chi connectivity index (χ1v) is 9.37. The molecule has 1 saturated heterocycles. The van der Waals surface area contributed by atoms with Gasteiger partial charge in [-0.25, -0.2) is 13.2 Å². The summed E-state index contributed by atoms with van der Waals surface area (Å²) in [5, 5.41) is 3.22. The summed E-state index contributed by atoms with van der Waals surface area (Å²) in [6, 6.07) is 9.50. The molecular formula is C21H24F3N3O. The van der Waals surface area contributed by atoms with Crippen LogP contribution in [-0.2, 0) is 17.6 Å². The lowest BCUT2D eigenvalue weighted by atomic mass is 10.00. The predicted octanol–water partition coefficient (Wildman–Crippen LogP) is 2.41. The maximum Gasteiger partial charge on any atom is 0.224 e. The Morgan fingerprint density at radius 3 is 2.68 bits per heavy atom. The maximum absolute atomic E-state index is 13.8. The summed E-state index contributed by atoms with van der Waals surface area (Å²) in [6.07, 6.45) is 0.791. The van der Waals surface area contributed by atoms with Gasteiger partial charge in [0, 0.05) is 38.1 Å². The zero-order valence-electron chi connectivity index (χ0n) is 15.5. The van der Waals surface area contributed by atoms with E-state index in [9.17, 15) is 18.0 Å². The normalized spacial score (nSPS) is 18.1. The molecule has 2 aromatic carbocycles. The minimum atomic E-state index is -0.897. The van der Waals surface area contributed by atoms with E-state index in [1.165, 1.54) is 12.1 Å². The van der Waals surface area contributed by atoms with Crippen molar-refractivity contribution in [3.05, 3.63) is 71.0 Å². The van der Waals surface area contributed by atoms with E-state index in [4.69, 9.17) is 5.73 Å². The van der Waals surface area contributed by atoms with E-state index in [-0.39, 0.29) is 30.6 Å². The van der Waals surface area contributed by atoms with Gasteiger partial charge >= 0.3 is 0 Å². The number of nitrogens with one attached hydrogen (secondary N) is 1. The number of nitrogens with two attached hydrogens (primary N) is 1. The molecule has 0 radical (unpaired) electrons. The first-order chi connectivity index (χ1) is 13.4. The fourth-order valence-corrected chi connectivity index (χ4v) is 3.57. The molecule has 0 aliphatic carbocycles. The van der Waals surface area contributed by atoms with E-state index in [1.54, 1.807) is 23.1 Å². The molecule has 3 rings (SSSR count). The smallest absolute Gasteiger partial charge is 0.224 e. The van der Waals surface area contributed by atoms with Gasteiger partial charge in [-0.2, -0.15) is 0 Å². The fourth-order valence-electron chi connectivity index (χ4n) is 3.57. The van der Waals surface area contributed by atoms with Crippen molar-refractivity contribution >= 4 is 5.91 Å². The number of hydrogen-bond donors (Lipinski definition) is 2. The van der Waals surface area contributed by atoms with Crippen LogP contribution in [0.5, 0.6) is 0 Å². The van der Waals surface area contributed by atoms with Crippen molar-refractivity contribution in [1.29, 1.82) is 0 Å². The Balaban J connectivity index is 1.63. The van der Waals surface area contributed by atoms with Crippen LogP contribution in [0.3, 0.4) is 0 Å². The highest BCUT2D eigenvalue weighted by atomic mass is 19.2. The Morgan fingerprint density at radius 1 is 1.14 bits per heavy atom. The molecule has 2 aromatic rings. The maximum atomic E-state index is 13.8. The van der Waals surface area contributed by atoms with Gasteiger partial charge in [0.1, 0.15) is 5.82 Å². The van der Waals surface area contributed by atoms with Crippen LogP contribution >= 0.6 is 0 Å². The average molecular weight is 391 g/mol. The third-order valence-electron chi connectivity index (χ3n) is 5.00. The number of amides is 1. The second-order valence-corrected chi connectivity index (χ2v) is 7.16. The second-order valence-electron chi connectivity index (χ2n) is 7.16. The molecule has 7 heteroatoms. The molecule has 1 amide bonds. The van der Waals surface area contributed by atoms with Crippen molar-refractivity contribution in [2.75, 3.05) is 19.6 Å². The molecule has 4 nitrogen and oxygen atoms in total. The Morgan fingerprint density at radius 2 is 1.93 bits per heavy atom. The van der Waals surface area contributed by atoms with Crippen molar-refractivity contribution in [2.45, 2.75) is 31.3 Å². The van der Waals surface area contributed by atoms with Crippen LogP contribution in [0.15, 0.2) is 42.5 Å². The van der Waals surface area contributed by atoms with Gasteiger partial charge in [-0.15, -0.1) is 0 Å². The lowest BCUT2D eigenvalue weighted by molar-refractivity contribution is -0.134. The van der Waals surface area contributed by atoms with Gasteiger partial charge in [0.25, 0.3) is 0 Å².